The summed E-state index contributed by atoms with van der Waals surface area (Å²) in [5.74, 6) is -3.43. The Morgan fingerprint density at radius 2 is 0.889 bits per heavy atom. The van der Waals surface area contributed by atoms with Crippen LogP contribution in [0.5, 0.6) is 0 Å². The summed E-state index contributed by atoms with van der Waals surface area (Å²) in [5.41, 5.74) is 1.66. The standard InChI is InChI=1S/C28H30O9.C24H24Cl3NO6.C6H8O4/c1-15-16(2)21(36-26(30)18-11-7-4-8-12-18)28(37-22-20-14-32-27(34-20)24-23(22)35-24)33-19(15)13-31-25(29)17-9-5-3-6-10-17;1-14-15(2)19(33-21(30)17-11-7-4-8-12-17)22(34-23(28)24(25,26)27)32-18(14)13-31-20(29)16-9-5-3-6-10-16;7-3-2-1-8-6(9-2)5-4(3)10-5/h3-12,15-16,19-24,27-28H,13-14H2,1-2H3;3-12,14-15,18-19,22,28H,13H2,1-2H3;2-7H,1H2/t15-,16-,19?,20?,21?,22+,23+,24?,27+,28-;14-,15-,18?,19?,22?;2?,3-,4-,5?,6-/m001/s1. The molecule has 8 heterocycles. The number of hydrogen-bond donors (Lipinski definition) is 2. The Bertz CT molecular complexity index is 2800. The molecule has 9 unspecified atom stereocenters. The number of nitrogens with one attached hydrogen (secondary N) is 1. The molecular weight excluding hydrogens is 1120 g/mol. The highest BCUT2D eigenvalue weighted by atomic mass is 35.6. The van der Waals surface area contributed by atoms with Gasteiger partial charge in [-0.1, -0.05) is 135 Å². The Morgan fingerprint density at radius 1 is 0.494 bits per heavy atom. The van der Waals surface area contributed by atoms with Crippen LogP contribution in [0, 0.1) is 29.1 Å². The van der Waals surface area contributed by atoms with E-state index in [0.29, 0.717) is 35.5 Å². The largest absolute Gasteiger partial charge is 0.459 e. The van der Waals surface area contributed by atoms with Crippen LogP contribution < -0.4 is 0 Å². The Labute approximate surface area is 482 Å². The number of carbonyl (C=O) groups excluding carboxylic acids is 4. The van der Waals surface area contributed by atoms with Crippen molar-refractivity contribution >= 4 is 64.6 Å². The number of carbonyl (C=O) groups is 4. The highest BCUT2D eigenvalue weighted by Crippen LogP contribution is 2.46. The van der Waals surface area contributed by atoms with Crippen molar-refractivity contribution in [3.05, 3.63) is 144 Å². The lowest BCUT2D eigenvalue weighted by Gasteiger charge is -2.44. The molecule has 4 aromatic carbocycles. The number of alkyl halides is 3. The molecule has 8 saturated heterocycles. The summed E-state index contributed by atoms with van der Waals surface area (Å²) < 4.78 is 77.7. The quantitative estimate of drug-likeness (QED) is 0.0333. The zero-order chi connectivity index (χ0) is 57.1. The Morgan fingerprint density at radius 3 is 1.36 bits per heavy atom. The van der Waals surface area contributed by atoms with Crippen LogP contribution in [0.25, 0.3) is 0 Å². The molecule has 0 radical (unpaired) electrons. The molecule has 12 rings (SSSR count). The van der Waals surface area contributed by atoms with E-state index < -0.39 is 82.8 Å². The number of aliphatic hydroxyl groups is 1. The maximum atomic E-state index is 13.0. The number of ether oxygens (including phenoxy) is 14. The van der Waals surface area contributed by atoms with Crippen molar-refractivity contribution in [1.82, 2.24) is 0 Å². The van der Waals surface area contributed by atoms with Gasteiger partial charge in [0, 0.05) is 11.8 Å². The smallest absolute Gasteiger partial charge is 0.338 e. The van der Waals surface area contributed by atoms with Crippen LogP contribution in [0.1, 0.15) is 69.1 Å². The van der Waals surface area contributed by atoms with Gasteiger partial charge < -0.3 is 71.4 Å². The summed E-state index contributed by atoms with van der Waals surface area (Å²) in [5, 5.41) is 17.3. The van der Waals surface area contributed by atoms with Crippen molar-refractivity contribution in [1.29, 1.82) is 5.41 Å². The maximum absolute atomic E-state index is 13.0. The van der Waals surface area contributed by atoms with Crippen molar-refractivity contribution in [3.8, 4) is 0 Å². The summed E-state index contributed by atoms with van der Waals surface area (Å²) in [7, 11) is 0. The number of fused-ring (bicyclic) bond motifs is 8. The lowest BCUT2D eigenvalue weighted by Crippen LogP contribution is -2.56. The predicted molar refractivity (Wildman–Crippen MR) is 285 cm³/mol. The lowest BCUT2D eigenvalue weighted by atomic mass is 9.83. The third-order valence-corrected chi connectivity index (χ3v) is 16.1. The molecule has 0 aromatic heterocycles. The van der Waals surface area contributed by atoms with Crippen LogP contribution in [0.4, 0.5) is 0 Å². The van der Waals surface area contributed by atoms with Crippen LogP contribution in [0.15, 0.2) is 121 Å². The number of esters is 4. The van der Waals surface area contributed by atoms with Gasteiger partial charge in [-0.15, -0.1) is 0 Å². The summed E-state index contributed by atoms with van der Waals surface area (Å²) >= 11 is 17.3. The van der Waals surface area contributed by atoms with Crippen molar-refractivity contribution < 1.29 is 90.6 Å². The van der Waals surface area contributed by atoms with Gasteiger partial charge in [0.15, 0.2) is 31.1 Å². The second kappa shape index (κ2) is 25.7. The molecule has 0 aliphatic carbocycles. The van der Waals surface area contributed by atoms with Crippen molar-refractivity contribution in [2.24, 2.45) is 23.7 Å². The Balaban J connectivity index is 0.000000155. The summed E-state index contributed by atoms with van der Waals surface area (Å²) in [6.07, 6.45) is -7.11. The molecule has 4 aromatic rings. The van der Waals surface area contributed by atoms with Crippen molar-refractivity contribution in [2.45, 2.75) is 130 Å². The minimum Gasteiger partial charge on any atom is -0.459 e. The first-order valence-corrected chi connectivity index (χ1v) is 27.8. The number of halogens is 3. The first kappa shape index (κ1) is 58.9. The molecule has 2 N–H and O–H groups in total. The predicted octanol–water partition coefficient (Wildman–Crippen LogP) is 7.27. The summed E-state index contributed by atoms with van der Waals surface area (Å²) in [4.78, 5) is 50.6. The van der Waals surface area contributed by atoms with E-state index >= 15 is 0 Å². The fourth-order valence-electron chi connectivity index (χ4n) is 10.3. The number of epoxide rings is 2. The molecule has 8 aliphatic rings. The van der Waals surface area contributed by atoms with Crippen molar-refractivity contribution in [3.63, 3.8) is 0 Å². The molecule has 434 valence electrons. The van der Waals surface area contributed by atoms with E-state index in [1.165, 1.54) is 0 Å². The highest BCUT2D eigenvalue weighted by Gasteiger charge is 2.64. The zero-order valence-electron chi connectivity index (χ0n) is 44.4. The number of aliphatic hydroxyl groups excluding tert-OH is 1. The molecule has 0 amide bonds. The summed E-state index contributed by atoms with van der Waals surface area (Å²) in [6, 6.07) is 34.6. The van der Waals surface area contributed by atoms with E-state index in [1.54, 1.807) is 109 Å². The summed E-state index contributed by atoms with van der Waals surface area (Å²) in [6.45, 7) is 8.57. The third kappa shape index (κ3) is 13.9. The highest BCUT2D eigenvalue weighted by molar-refractivity contribution is 6.76. The first-order chi connectivity index (χ1) is 38.9. The molecule has 20 atom stereocenters. The SMILES string of the molecule is C[C@@H]1C(COC(=O)c2ccccc2)OC(OC(=N)C(Cl)(Cl)Cl)C(OC(=O)c2ccccc2)[C@H]1C.C[C@@H]1C(COC(=O)c2ccccc2)O[C@@H](O[C@@H]2C3CO[C@H](O3)C3O[C@@H]32)C(OC(=O)c2ccccc2)[C@H]1C.O[C@@H]1C2CO[C@H](O2)C2O[C@@H]21. The second-order valence-corrected chi connectivity index (χ2v) is 23.1. The monoisotopic (exact) mass is 1180 g/mol. The van der Waals surface area contributed by atoms with E-state index in [4.69, 9.17) is 107 Å². The van der Waals surface area contributed by atoms with Crippen LogP contribution in [-0.2, 0) is 66.3 Å². The first-order valence-electron chi connectivity index (χ1n) is 26.7. The Hall–Kier alpha value is -5.30. The minimum absolute atomic E-state index is 0.00810. The number of rotatable bonds is 13. The van der Waals surface area contributed by atoms with Crippen LogP contribution in [0.3, 0.4) is 0 Å². The molecule has 8 fully saturated rings. The average Bonchev–Trinajstić information content (AvgIpc) is 4.53. The van der Waals surface area contributed by atoms with Gasteiger partial charge in [-0.05, 0) is 60.4 Å². The van der Waals surface area contributed by atoms with Gasteiger partial charge >= 0.3 is 23.9 Å². The van der Waals surface area contributed by atoms with E-state index in [2.05, 4.69) is 0 Å². The van der Waals surface area contributed by atoms with E-state index in [1.807, 2.05) is 39.8 Å². The second-order valence-electron chi connectivity index (χ2n) is 20.8. The zero-order valence-corrected chi connectivity index (χ0v) is 46.6. The van der Waals surface area contributed by atoms with Crippen LogP contribution in [0.2, 0.25) is 0 Å². The average molecular weight is 1180 g/mol. The van der Waals surface area contributed by atoms with Gasteiger partial charge in [0.25, 0.3) is 3.79 Å². The molecule has 23 heteroatoms. The van der Waals surface area contributed by atoms with Gasteiger partial charge in [0.1, 0.15) is 62.0 Å². The molecule has 4 bridgehead atoms. The fraction of sp³-hybridized carbons (Fsp3) is 0.500. The fourth-order valence-corrected chi connectivity index (χ4v) is 10.5. The van der Waals surface area contributed by atoms with Gasteiger partial charge in [0.2, 0.25) is 12.2 Å². The lowest BCUT2D eigenvalue weighted by molar-refractivity contribution is -0.298. The van der Waals surface area contributed by atoms with E-state index in [9.17, 15) is 24.3 Å². The molecule has 8 aliphatic heterocycles. The minimum atomic E-state index is -2.14. The third-order valence-electron chi connectivity index (χ3n) is 15.6. The van der Waals surface area contributed by atoms with Gasteiger partial charge in [-0.3, -0.25) is 5.41 Å². The Kier molecular flexibility index (Phi) is 18.7. The molecule has 20 nitrogen and oxygen atoms in total. The maximum Gasteiger partial charge on any atom is 0.338 e. The molecular formula is C58H62Cl3NO19. The normalized spacial score (nSPS) is 35.6. The van der Waals surface area contributed by atoms with E-state index in [0.717, 1.165) is 0 Å². The molecule has 81 heavy (non-hydrogen) atoms. The topological polar surface area (TPSA) is 248 Å². The van der Waals surface area contributed by atoms with Crippen LogP contribution >= 0.6 is 34.8 Å². The van der Waals surface area contributed by atoms with Crippen molar-refractivity contribution in [2.75, 3.05) is 26.4 Å². The number of benzene rings is 4. The molecule has 0 saturated carbocycles. The number of hydrogen-bond acceptors (Lipinski definition) is 20. The van der Waals surface area contributed by atoms with Crippen LogP contribution in [-0.4, -0.2) is 164 Å². The van der Waals surface area contributed by atoms with Gasteiger partial charge in [0.05, 0.1) is 47.7 Å². The van der Waals surface area contributed by atoms with Gasteiger partial charge in [-0.2, -0.15) is 0 Å². The van der Waals surface area contributed by atoms with Gasteiger partial charge in [-0.25, -0.2) is 19.2 Å². The van der Waals surface area contributed by atoms with E-state index in [-0.39, 0.29) is 86.1 Å². The molecule has 0 spiro atoms.